The standard InChI is InChI=1S/C14H20N6S2.HI/c1-11-18-12(10-22-11)2-3-16-13(15)19-5-7-20(8-6-19)14-17-4-9-21-14;/h4,9-10H,2-3,5-8H2,1H3,(H2,15,16);1H. The number of aromatic nitrogens is 2. The molecule has 126 valence electrons. The van der Waals surface area contributed by atoms with E-state index in [9.17, 15) is 0 Å². The third kappa shape index (κ3) is 5.01. The van der Waals surface area contributed by atoms with Gasteiger partial charge in [-0.1, -0.05) is 0 Å². The van der Waals surface area contributed by atoms with Crippen molar-refractivity contribution < 1.29 is 0 Å². The first-order valence-corrected chi connectivity index (χ1v) is 9.08. The molecule has 0 radical (unpaired) electrons. The number of thiazole rings is 2. The maximum Gasteiger partial charge on any atom is 0.191 e. The topological polar surface area (TPSA) is 70.6 Å². The predicted octanol–water partition coefficient (Wildman–Crippen LogP) is 2.21. The zero-order valence-electron chi connectivity index (χ0n) is 13.0. The number of hydrogen-bond donors (Lipinski definition) is 1. The second-order valence-electron chi connectivity index (χ2n) is 5.14. The van der Waals surface area contributed by atoms with Crippen LogP contribution in [0.2, 0.25) is 0 Å². The van der Waals surface area contributed by atoms with Crippen molar-refractivity contribution >= 4 is 57.7 Å². The Labute approximate surface area is 161 Å². The largest absolute Gasteiger partial charge is 0.370 e. The second kappa shape index (κ2) is 8.78. The Morgan fingerprint density at radius 2 is 2.09 bits per heavy atom. The third-order valence-electron chi connectivity index (χ3n) is 3.60. The Bertz CT molecular complexity index is 619. The van der Waals surface area contributed by atoms with E-state index in [1.54, 1.807) is 22.7 Å². The van der Waals surface area contributed by atoms with Gasteiger partial charge in [-0.15, -0.1) is 46.7 Å². The quantitative estimate of drug-likeness (QED) is 0.427. The Morgan fingerprint density at radius 3 is 2.70 bits per heavy atom. The predicted molar refractivity (Wildman–Crippen MR) is 108 cm³/mol. The van der Waals surface area contributed by atoms with Gasteiger partial charge in [0.1, 0.15) is 0 Å². The molecule has 23 heavy (non-hydrogen) atoms. The maximum absolute atomic E-state index is 6.11. The number of anilines is 1. The van der Waals surface area contributed by atoms with Gasteiger partial charge in [0.15, 0.2) is 11.1 Å². The summed E-state index contributed by atoms with van der Waals surface area (Å²) in [5.74, 6) is 0.644. The number of halogens is 1. The van der Waals surface area contributed by atoms with Gasteiger partial charge in [-0.05, 0) is 6.92 Å². The summed E-state index contributed by atoms with van der Waals surface area (Å²) in [5.41, 5.74) is 7.21. The number of aliphatic imine (C=N–C) groups is 1. The van der Waals surface area contributed by atoms with Crippen molar-refractivity contribution in [2.45, 2.75) is 13.3 Å². The molecule has 0 aliphatic carbocycles. The summed E-state index contributed by atoms with van der Waals surface area (Å²) < 4.78 is 0. The minimum atomic E-state index is 0. The molecule has 3 heterocycles. The van der Waals surface area contributed by atoms with E-state index in [2.05, 4.69) is 30.1 Å². The van der Waals surface area contributed by atoms with E-state index in [-0.39, 0.29) is 24.0 Å². The van der Waals surface area contributed by atoms with E-state index >= 15 is 0 Å². The molecule has 0 aromatic carbocycles. The van der Waals surface area contributed by atoms with Gasteiger partial charge < -0.3 is 15.5 Å². The summed E-state index contributed by atoms with van der Waals surface area (Å²) in [5, 5.41) is 6.30. The highest BCUT2D eigenvalue weighted by molar-refractivity contribution is 14.0. The lowest BCUT2D eigenvalue weighted by Gasteiger charge is -2.35. The van der Waals surface area contributed by atoms with Crippen LogP contribution in [-0.2, 0) is 6.42 Å². The molecule has 9 heteroatoms. The van der Waals surface area contributed by atoms with Gasteiger partial charge in [0, 0.05) is 56.1 Å². The lowest BCUT2D eigenvalue weighted by molar-refractivity contribution is 0.380. The van der Waals surface area contributed by atoms with E-state index in [1.165, 1.54) is 0 Å². The van der Waals surface area contributed by atoms with Gasteiger partial charge in [-0.3, -0.25) is 4.99 Å². The van der Waals surface area contributed by atoms with Crippen molar-refractivity contribution in [3.8, 4) is 0 Å². The number of hydrogen-bond acceptors (Lipinski definition) is 6. The zero-order valence-corrected chi connectivity index (χ0v) is 17.0. The molecule has 2 N–H and O–H groups in total. The molecule has 1 saturated heterocycles. The molecule has 6 nitrogen and oxygen atoms in total. The van der Waals surface area contributed by atoms with E-state index in [0.29, 0.717) is 12.5 Å². The summed E-state index contributed by atoms with van der Waals surface area (Å²) in [6, 6.07) is 0. The van der Waals surface area contributed by atoms with Gasteiger partial charge in [0.05, 0.1) is 10.7 Å². The Morgan fingerprint density at radius 1 is 1.30 bits per heavy atom. The second-order valence-corrected chi connectivity index (χ2v) is 7.07. The fourth-order valence-electron chi connectivity index (χ4n) is 2.41. The van der Waals surface area contributed by atoms with Crippen molar-refractivity contribution in [2.24, 2.45) is 10.7 Å². The molecule has 1 aliphatic heterocycles. The van der Waals surface area contributed by atoms with Crippen molar-refractivity contribution in [3.05, 3.63) is 27.7 Å². The molecular weight excluding hydrogens is 443 g/mol. The average molecular weight is 464 g/mol. The van der Waals surface area contributed by atoms with Crippen molar-refractivity contribution in [2.75, 3.05) is 37.6 Å². The first-order chi connectivity index (χ1) is 10.7. The van der Waals surface area contributed by atoms with Crippen LogP contribution in [0.5, 0.6) is 0 Å². The highest BCUT2D eigenvalue weighted by Gasteiger charge is 2.19. The summed E-state index contributed by atoms with van der Waals surface area (Å²) in [4.78, 5) is 17.7. The number of piperazine rings is 1. The van der Waals surface area contributed by atoms with E-state index in [0.717, 1.165) is 48.4 Å². The van der Waals surface area contributed by atoms with E-state index in [4.69, 9.17) is 5.73 Å². The fourth-order valence-corrected chi connectivity index (χ4v) is 3.75. The van der Waals surface area contributed by atoms with Crippen LogP contribution in [0.4, 0.5) is 5.13 Å². The van der Waals surface area contributed by atoms with Gasteiger partial charge in [0.2, 0.25) is 0 Å². The first-order valence-electron chi connectivity index (χ1n) is 7.32. The number of aryl methyl sites for hydroxylation is 1. The molecular formula is C14H21IN6S2. The summed E-state index contributed by atoms with van der Waals surface area (Å²) in [6.45, 7) is 6.38. The van der Waals surface area contributed by atoms with Gasteiger partial charge in [-0.2, -0.15) is 0 Å². The lowest BCUT2D eigenvalue weighted by Crippen LogP contribution is -2.51. The molecule has 0 unspecified atom stereocenters. The SMILES string of the molecule is Cc1nc(CCN=C(N)N2CCN(c3nccs3)CC2)cs1.I. The number of rotatable bonds is 4. The fraction of sp³-hybridized carbons (Fsp3) is 0.500. The summed E-state index contributed by atoms with van der Waals surface area (Å²) in [6.07, 6.45) is 2.70. The van der Waals surface area contributed by atoms with E-state index < -0.39 is 0 Å². The molecule has 2 aromatic rings. The minimum absolute atomic E-state index is 0. The molecule has 1 aliphatic rings. The molecule has 0 saturated carbocycles. The lowest BCUT2D eigenvalue weighted by atomic mass is 10.3. The maximum atomic E-state index is 6.11. The molecule has 0 atom stereocenters. The van der Waals surface area contributed by atoms with Gasteiger partial charge >= 0.3 is 0 Å². The number of nitrogens with zero attached hydrogens (tertiary/aromatic N) is 5. The highest BCUT2D eigenvalue weighted by Crippen LogP contribution is 2.18. The van der Waals surface area contributed by atoms with Crippen LogP contribution < -0.4 is 10.6 Å². The smallest absolute Gasteiger partial charge is 0.191 e. The Balaban J connectivity index is 0.00000192. The molecule has 0 bridgehead atoms. The van der Waals surface area contributed by atoms with Crippen molar-refractivity contribution in [3.63, 3.8) is 0 Å². The van der Waals surface area contributed by atoms with Crippen LogP contribution in [0, 0.1) is 6.92 Å². The first kappa shape index (κ1) is 18.4. The molecule has 2 aromatic heterocycles. The van der Waals surface area contributed by atoms with Crippen LogP contribution in [0.25, 0.3) is 0 Å². The Kier molecular flexibility index (Phi) is 7.03. The summed E-state index contributed by atoms with van der Waals surface area (Å²) >= 11 is 3.36. The van der Waals surface area contributed by atoms with Crippen LogP contribution in [-0.4, -0.2) is 53.6 Å². The van der Waals surface area contributed by atoms with Crippen LogP contribution in [0.15, 0.2) is 21.9 Å². The Hall–Kier alpha value is -0.940. The molecule has 1 fully saturated rings. The minimum Gasteiger partial charge on any atom is -0.370 e. The van der Waals surface area contributed by atoms with E-state index in [1.807, 2.05) is 18.5 Å². The van der Waals surface area contributed by atoms with Crippen LogP contribution in [0.1, 0.15) is 10.7 Å². The third-order valence-corrected chi connectivity index (χ3v) is 5.26. The highest BCUT2D eigenvalue weighted by atomic mass is 127. The normalized spacial score (nSPS) is 15.6. The van der Waals surface area contributed by atoms with Crippen LogP contribution in [0.3, 0.4) is 0 Å². The average Bonchev–Trinajstić information content (AvgIpc) is 3.19. The van der Waals surface area contributed by atoms with Crippen LogP contribution >= 0.6 is 46.7 Å². The van der Waals surface area contributed by atoms with Crippen molar-refractivity contribution in [1.29, 1.82) is 0 Å². The van der Waals surface area contributed by atoms with Gasteiger partial charge in [0.25, 0.3) is 0 Å². The summed E-state index contributed by atoms with van der Waals surface area (Å²) in [7, 11) is 0. The molecule has 3 rings (SSSR count). The van der Waals surface area contributed by atoms with Gasteiger partial charge in [-0.25, -0.2) is 9.97 Å². The number of nitrogens with two attached hydrogens (primary N) is 1. The molecule has 0 amide bonds. The molecule has 0 spiro atoms. The zero-order chi connectivity index (χ0) is 15.4. The monoisotopic (exact) mass is 464 g/mol. The van der Waals surface area contributed by atoms with Crippen molar-refractivity contribution in [1.82, 2.24) is 14.9 Å². The number of guanidine groups is 1.